The lowest BCUT2D eigenvalue weighted by molar-refractivity contribution is -0.131. The molecule has 1 aromatic heterocycles. The summed E-state index contributed by atoms with van der Waals surface area (Å²) in [5, 5.41) is 4.52. The zero-order valence-corrected chi connectivity index (χ0v) is 15.1. The molecule has 1 saturated heterocycles. The van der Waals surface area contributed by atoms with Crippen molar-refractivity contribution < 1.29 is 4.79 Å². The maximum Gasteiger partial charge on any atom is 0.249 e. The Morgan fingerprint density at radius 2 is 1.92 bits per heavy atom. The molecule has 0 bridgehead atoms. The summed E-state index contributed by atoms with van der Waals surface area (Å²) in [6.45, 7) is 3.73. The van der Waals surface area contributed by atoms with Gasteiger partial charge in [0.05, 0.1) is 15.2 Å². The third kappa shape index (κ3) is 3.37. The number of hydrogen-bond donors (Lipinski definition) is 1. The van der Waals surface area contributed by atoms with Gasteiger partial charge in [0.1, 0.15) is 6.04 Å². The SMILES string of the molecule is Cc1nc2ccc(N[C@@H](C(=O)N3CCCC3)c3ccccc3)cc2s1. The highest BCUT2D eigenvalue weighted by Gasteiger charge is 2.27. The molecule has 4 nitrogen and oxygen atoms in total. The third-order valence-electron chi connectivity index (χ3n) is 4.60. The fourth-order valence-corrected chi connectivity index (χ4v) is 4.22. The van der Waals surface area contributed by atoms with Gasteiger partial charge in [-0.3, -0.25) is 4.79 Å². The molecule has 1 aliphatic rings. The van der Waals surface area contributed by atoms with Gasteiger partial charge in [-0.05, 0) is 43.5 Å². The van der Waals surface area contributed by atoms with Crippen LogP contribution in [0.4, 0.5) is 5.69 Å². The molecule has 2 aromatic carbocycles. The molecule has 25 heavy (non-hydrogen) atoms. The molecule has 0 spiro atoms. The van der Waals surface area contributed by atoms with E-state index in [1.165, 1.54) is 0 Å². The van der Waals surface area contributed by atoms with Crippen LogP contribution >= 0.6 is 11.3 Å². The highest BCUT2D eigenvalue weighted by atomic mass is 32.1. The second kappa shape index (κ2) is 6.84. The van der Waals surface area contributed by atoms with E-state index >= 15 is 0 Å². The number of likely N-dealkylation sites (tertiary alicyclic amines) is 1. The second-order valence-corrected chi connectivity index (χ2v) is 7.67. The smallest absolute Gasteiger partial charge is 0.249 e. The van der Waals surface area contributed by atoms with E-state index in [-0.39, 0.29) is 11.9 Å². The van der Waals surface area contributed by atoms with Gasteiger partial charge >= 0.3 is 0 Å². The van der Waals surface area contributed by atoms with Crippen LogP contribution in [0.25, 0.3) is 10.2 Å². The number of aromatic nitrogens is 1. The Kier molecular flexibility index (Phi) is 4.40. The minimum absolute atomic E-state index is 0.157. The fraction of sp³-hybridized carbons (Fsp3) is 0.300. The predicted molar refractivity (Wildman–Crippen MR) is 103 cm³/mol. The number of rotatable bonds is 4. The Morgan fingerprint density at radius 1 is 1.16 bits per heavy atom. The van der Waals surface area contributed by atoms with E-state index in [4.69, 9.17) is 0 Å². The Morgan fingerprint density at radius 3 is 2.68 bits per heavy atom. The number of fused-ring (bicyclic) bond motifs is 1. The quantitative estimate of drug-likeness (QED) is 0.759. The Hall–Kier alpha value is -2.40. The van der Waals surface area contributed by atoms with Gasteiger partial charge < -0.3 is 10.2 Å². The monoisotopic (exact) mass is 351 g/mol. The van der Waals surface area contributed by atoms with Crippen molar-refractivity contribution in [3.05, 3.63) is 59.1 Å². The molecule has 0 saturated carbocycles. The second-order valence-electron chi connectivity index (χ2n) is 6.44. The van der Waals surface area contributed by atoms with Crippen molar-refractivity contribution in [1.82, 2.24) is 9.88 Å². The van der Waals surface area contributed by atoms with Gasteiger partial charge in [-0.15, -0.1) is 11.3 Å². The number of nitrogens with zero attached hydrogens (tertiary/aromatic N) is 2. The average molecular weight is 351 g/mol. The Labute approximate surface area is 151 Å². The summed E-state index contributed by atoms with van der Waals surface area (Å²) in [5.41, 5.74) is 2.97. The maximum atomic E-state index is 13.1. The molecule has 1 fully saturated rings. The first-order valence-electron chi connectivity index (χ1n) is 8.68. The molecule has 5 heteroatoms. The fourth-order valence-electron chi connectivity index (χ4n) is 3.35. The van der Waals surface area contributed by atoms with Crippen LogP contribution in [0.2, 0.25) is 0 Å². The van der Waals surface area contributed by atoms with Gasteiger partial charge in [0.2, 0.25) is 5.91 Å². The summed E-state index contributed by atoms with van der Waals surface area (Å²) in [6.07, 6.45) is 2.19. The van der Waals surface area contributed by atoms with Crippen LogP contribution in [-0.4, -0.2) is 28.9 Å². The summed E-state index contributed by atoms with van der Waals surface area (Å²) >= 11 is 1.68. The minimum Gasteiger partial charge on any atom is -0.370 e. The number of amides is 1. The molecule has 128 valence electrons. The number of carbonyl (C=O) groups excluding carboxylic acids is 1. The molecule has 1 amide bonds. The molecule has 0 aliphatic carbocycles. The highest BCUT2D eigenvalue weighted by molar-refractivity contribution is 7.18. The zero-order chi connectivity index (χ0) is 17.2. The largest absolute Gasteiger partial charge is 0.370 e. The molecule has 1 atom stereocenters. The van der Waals surface area contributed by atoms with Crippen molar-refractivity contribution in [3.8, 4) is 0 Å². The normalized spacial score (nSPS) is 15.5. The van der Waals surface area contributed by atoms with Crippen molar-refractivity contribution >= 4 is 33.1 Å². The first-order chi connectivity index (χ1) is 12.2. The first kappa shape index (κ1) is 16.1. The van der Waals surface area contributed by atoms with E-state index in [1.54, 1.807) is 11.3 Å². The molecule has 4 rings (SSSR count). The Balaban J connectivity index is 1.65. The van der Waals surface area contributed by atoms with E-state index in [0.717, 1.165) is 52.4 Å². The lowest BCUT2D eigenvalue weighted by atomic mass is 10.1. The molecular weight excluding hydrogens is 330 g/mol. The van der Waals surface area contributed by atoms with E-state index in [0.29, 0.717) is 0 Å². The van der Waals surface area contributed by atoms with Crippen molar-refractivity contribution in [2.75, 3.05) is 18.4 Å². The number of carbonyl (C=O) groups is 1. The van der Waals surface area contributed by atoms with Gasteiger partial charge in [0.25, 0.3) is 0 Å². The number of hydrogen-bond acceptors (Lipinski definition) is 4. The summed E-state index contributed by atoms with van der Waals surface area (Å²) in [7, 11) is 0. The van der Waals surface area contributed by atoms with Crippen molar-refractivity contribution in [3.63, 3.8) is 0 Å². The third-order valence-corrected chi connectivity index (χ3v) is 5.54. The molecule has 1 aliphatic heterocycles. The van der Waals surface area contributed by atoms with Gasteiger partial charge in [-0.25, -0.2) is 4.98 Å². The van der Waals surface area contributed by atoms with E-state index in [1.807, 2.05) is 54.3 Å². The zero-order valence-electron chi connectivity index (χ0n) is 14.2. The number of thiazole rings is 1. The van der Waals surface area contributed by atoms with Gasteiger partial charge in [0.15, 0.2) is 0 Å². The molecular formula is C20H21N3OS. The van der Waals surface area contributed by atoms with Crippen molar-refractivity contribution in [1.29, 1.82) is 0 Å². The van der Waals surface area contributed by atoms with Crippen molar-refractivity contribution in [2.24, 2.45) is 0 Å². The topological polar surface area (TPSA) is 45.2 Å². The molecule has 0 radical (unpaired) electrons. The molecule has 0 unspecified atom stereocenters. The summed E-state index contributed by atoms with van der Waals surface area (Å²) in [4.78, 5) is 19.5. The summed E-state index contributed by atoms with van der Waals surface area (Å²) in [6, 6.07) is 15.7. The number of anilines is 1. The van der Waals surface area contributed by atoms with Crippen molar-refractivity contribution in [2.45, 2.75) is 25.8 Å². The van der Waals surface area contributed by atoms with Gasteiger partial charge in [-0.2, -0.15) is 0 Å². The van der Waals surface area contributed by atoms with Gasteiger partial charge in [0, 0.05) is 18.8 Å². The molecule has 2 heterocycles. The highest BCUT2D eigenvalue weighted by Crippen LogP contribution is 2.28. The first-order valence-corrected chi connectivity index (χ1v) is 9.50. The lowest BCUT2D eigenvalue weighted by Crippen LogP contribution is -2.36. The van der Waals surface area contributed by atoms with Crippen LogP contribution in [0, 0.1) is 6.92 Å². The van der Waals surface area contributed by atoms with Crippen LogP contribution < -0.4 is 5.32 Å². The molecule has 1 N–H and O–H groups in total. The number of nitrogens with one attached hydrogen (secondary N) is 1. The number of benzene rings is 2. The van der Waals surface area contributed by atoms with E-state index in [2.05, 4.69) is 16.4 Å². The molecule has 3 aromatic rings. The van der Waals surface area contributed by atoms with Crippen LogP contribution in [0.15, 0.2) is 48.5 Å². The van der Waals surface area contributed by atoms with Crippen LogP contribution in [0.3, 0.4) is 0 Å². The van der Waals surface area contributed by atoms with Crippen LogP contribution in [0.1, 0.15) is 29.5 Å². The van der Waals surface area contributed by atoms with Crippen LogP contribution in [0.5, 0.6) is 0 Å². The maximum absolute atomic E-state index is 13.1. The average Bonchev–Trinajstić information content (AvgIpc) is 3.28. The predicted octanol–water partition coefficient (Wildman–Crippen LogP) is 4.38. The van der Waals surface area contributed by atoms with Crippen LogP contribution in [-0.2, 0) is 4.79 Å². The number of aryl methyl sites for hydroxylation is 1. The van der Waals surface area contributed by atoms with E-state index < -0.39 is 0 Å². The summed E-state index contributed by atoms with van der Waals surface area (Å²) in [5.74, 6) is 0.157. The standard InChI is InChI=1S/C20H21N3OS/c1-14-21-17-10-9-16(13-18(17)25-14)22-19(15-7-3-2-4-8-15)20(24)23-11-5-6-12-23/h2-4,7-10,13,19,22H,5-6,11-12H2,1H3/t19-/m1/s1. The summed E-state index contributed by atoms with van der Waals surface area (Å²) < 4.78 is 1.14. The minimum atomic E-state index is -0.356. The van der Waals surface area contributed by atoms with Gasteiger partial charge in [-0.1, -0.05) is 30.3 Å². The lowest BCUT2D eigenvalue weighted by Gasteiger charge is -2.25. The van der Waals surface area contributed by atoms with E-state index in [9.17, 15) is 4.79 Å². The Bertz CT molecular complexity index is 884.